The van der Waals surface area contributed by atoms with Gasteiger partial charge in [-0.05, 0) is 24.1 Å². The average Bonchev–Trinajstić information content (AvgIpc) is 2.60. The van der Waals surface area contributed by atoms with Crippen molar-refractivity contribution in [3.05, 3.63) is 34.7 Å². The second-order valence-corrected chi connectivity index (χ2v) is 5.11. The maximum atomic E-state index is 13.7. The Hall–Kier alpha value is -1.75. The van der Waals surface area contributed by atoms with Crippen LogP contribution in [-0.4, -0.2) is 9.78 Å². The first-order valence-electron chi connectivity index (χ1n) is 5.94. The number of benzene rings is 1. The summed E-state index contributed by atoms with van der Waals surface area (Å²) in [6.07, 6.45) is 0. The number of rotatable bonds is 3. The summed E-state index contributed by atoms with van der Waals surface area (Å²) >= 11 is 5.72. The Bertz CT molecular complexity index is 607. The van der Waals surface area contributed by atoms with Crippen LogP contribution in [0.4, 0.5) is 21.6 Å². The lowest BCUT2D eigenvalue weighted by molar-refractivity contribution is 0.631. The maximum Gasteiger partial charge on any atom is 0.152 e. The number of halogens is 2. The van der Waals surface area contributed by atoms with Crippen LogP contribution in [-0.2, 0) is 7.05 Å². The molecule has 1 heterocycles. The Morgan fingerprint density at radius 2 is 2.11 bits per heavy atom. The molecule has 0 fully saturated rings. The average molecular weight is 283 g/mol. The van der Waals surface area contributed by atoms with Crippen LogP contribution in [0.1, 0.15) is 25.5 Å². The second-order valence-electron chi connectivity index (χ2n) is 4.67. The highest BCUT2D eigenvalue weighted by atomic mass is 35.5. The molecule has 3 N–H and O–H groups in total. The third kappa shape index (κ3) is 2.66. The van der Waals surface area contributed by atoms with Gasteiger partial charge in [0.05, 0.1) is 17.1 Å². The Morgan fingerprint density at radius 3 is 2.63 bits per heavy atom. The number of aromatic nitrogens is 2. The Kier molecular flexibility index (Phi) is 3.66. The number of nitrogens with zero attached hydrogens (tertiary/aromatic N) is 2. The first-order valence-corrected chi connectivity index (χ1v) is 6.32. The molecule has 0 aliphatic carbocycles. The molecule has 0 saturated carbocycles. The summed E-state index contributed by atoms with van der Waals surface area (Å²) in [6.45, 7) is 4.01. The Balaban J connectivity index is 2.38. The molecular weight excluding hydrogens is 267 g/mol. The minimum atomic E-state index is -0.431. The summed E-state index contributed by atoms with van der Waals surface area (Å²) in [6, 6.07) is 4.43. The van der Waals surface area contributed by atoms with Gasteiger partial charge in [-0.1, -0.05) is 25.4 Å². The highest BCUT2D eigenvalue weighted by molar-refractivity contribution is 6.30. The fourth-order valence-corrected chi connectivity index (χ4v) is 2.01. The molecular formula is C13H16ClFN4. The zero-order chi connectivity index (χ0) is 14.2. The van der Waals surface area contributed by atoms with Crippen LogP contribution in [0, 0.1) is 5.82 Å². The van der Waals surface area contributed by atoms with Crippen molar-refractivity contribution in [2.75, 3.05) is 11.1 Å². The van der Waals surface area contributed by atoms with E-state index < -0.39 is 5.82 Å². The van der Waals surface area contributed by atoms with Crippen LogP contribution < -0.4 is 11.1 Å². The van der Waals surface area contributed by atoms with Gasteiger partial charge in [0.2, 0.25) is 0 Å². The minimum Gasteiger partial charge on any atom is -0.394 e. The lowest BCUT2D eigenvalue weighted by Crippen LogP contribution is -2.02. The quantitative estimate of drug-likeness (QED) is 0.903. The summed E-state index contributed by atoms with van der Waals surface area (Å²) in [5.74, 6) is 0.348. The largest absolute Gasteiger partial charge is 0.394 e. The Morgan fingerprint density at radius 1 is 1.42 bits per heavy atom. The van der Waals surface area contributed by atoms with E-state index in [4.69, 9.17) is 17.3 Å². The highest BCUT2D eigenvalue weighted by Crippen LogP contribution is 2.31. The maximum absolute atomic E-state index is 13.7. The van der Waals surface area contributed by atoms with Crippen molar-refractivity contribution in [1.82, 2.24) is 9.78 Å². The predicted octanol–water partition coefficient (Wildman–Crippen LogP) is 3.66. The zero-order valence-electron chi connectivity index (χ0n) is 11.0. The molecule has 1 aromatic carbocycles. The Labute approximate surface area is 116 Å². The molecule has 0 radical (unpaired) electrons. The van der Waals surface area contributed by atoms with Gasteiger partial charge in [0.15, 0.2) is 5.82 Å². The van der Waals surface area contributed by atoms with E-state index in [0.717, 1.165) is 5.69 Å². The number of anilines is 3. The van der Waals surface area contributed by atoms with Crippen LogP contribution in [0.25, 0.3) is 0 Å². The molecule has 0 aliphatic rings. The van der Waals surface area contributed by atoms with Gasteiger partial charge < -0.3 is 11.1 Å². The molecule has 0 amide bonds. The molecule has 4 nitrogen and oxygen atoms in total. The molecule has 2 aromatic rings. The van der Waals surface area contributed by atoms with E-state index >= 15 is 0 Å². The van der Waals surface area contributed by atoms with Gasteiger partial charge in [-0.15, -0.1) is 0 Å². The molecule has 6 heteroatoms. The van der Waals surface area contributed by atoms with Crippen molar-refractivity contribution in [3.8, 4) is 0 Å². The third-order valence-corrected chi connectivity index (χ3v) is 3.08. The van der Waals surface area contributed by atoms with E-state index in [1.165, 1.54) is 6.07 Å². The molecule has 0 unspecified atom stereocenters. The van der Waals surface area contributed by atoms with E-state index in [0.29, 0.717) is 22.2 Å². The van der Waals surface area contributed by atoms with Crippen molar-refractivity contribution in [2.24, 2.45) is 7.05 Å². The SMILES string of the molecule is CC(C)c1nn(C)c(Nc2ccc(Cl)cc2F)c1N. The summed E-state index contributed by atoms with van der Waals surface area (Å²) < 4.78 is 15.4. The molecule has 0 atom stereocenters. The number of aryl methyl sites for hydroxylation is 1. The van der Waals surface area contributed by atoms with Gasteiger partial charge in [-0.2, -0.15) is 5.10 Å². The molecule has 0 aliphatic heterocycles. The van der Waals surface area contributed by atoms with Crippen molar-refractivity contribution in [1.29, 1.82) is 0 Å². The van der Waals surface area contributed by atoms with Crippen molar-refractivity contribution >= 4 is 28.8 Å². The lowest BCUT2D eigenvalue weighted by atomic mass is 10.1. The van der Waals surface area contributed by atoms with Gasteiger partial charge in [0.1, 0.15) is 5.82 Å². The van der Waals surface area contributed by atoms with Gasteiger partial charge in [-0.25, -0.2) is 4.39 Å². The fraction of sp³-hybridized carbons (Fsp3) is 0.308. The molecule has 1 aromatic heterocycles. The number of nitrogens with two attached hydrogens (primary N) is 1. The number of nitrogens with one attached hydrogen (secondary N) is 1. The first kappa shape index (κ1) is 13.7. The van der Waals surface area contributed by atoms with E-state index in [9.17, 15) is 4.39 Å². The fourth-order valence-electron chi connectivity index (χ4n) is 1.85. The van der Waals surface area contributed by atoms with Gasteiger partial charge >= 0.3 is 0 Å². The molecule has 2 rings (SSSR count). The summed E-state index contributed by atoms with van der Waals surface area (Å²) in [7, 11) is 1.76. The lowest BCUT2D eigenvalue weighted by Gasteiger charge is -2.09. The van der Waals surface area contributed by atoms with Crippen molar-refractivity contribution in [3.63, 3.8) is 0 Å². The zero-order valence-corrected chi connectivity index (χ0v) is 11.8. The third-order valence-electron chi connectivity index (χ3n) is 2.84. The molecule has 0 spiro atoms. The molecule has 0 bridgehead atoms. The van der Waals surface area contributed by atoms with Crippen LogP contribution in [0.15, 0.2) is 18.2 Å². The van der Waals surface area contributed by atoms with E-state index in [2.05, 4.69) is 10.4 Å². The normalized spacial score (nSPS) is 11.1. The van der Waals surface area contributed by atoms with Crippen LogP contribution in [0.5, 0.6) is 0 Å². The second kappa shape index (κ2) is 5.09. The molecule has 102 valence electrons. The monoisotopic (exact) mass is 282 g/mol. The van der Waals surface area contributed by atoms with E-state index in [-0.39, 0.29) is 5.92 Å². The van der Waals surface area contributed by atoms with Gasteiger partial charge in [0.25, 0.3) is 0 Å². The van der Waals surface area contributed by atoms with Crippen molar-refractivity contribution in [2.45, 2.75) is 19.8 Å². The van der Waals surface area contributed by atoms with Gasteiger partial charge in [-0.3, -0.25) is 4.68 Å². The number of nitrogen functional groups attached to an aromatic ring is 1. The standard InChI is InChI=1S/C13H16ClFN4/c1-7(2)12-11(16)13(19(3)18-12)17-10-5-4-8(14)6-9(10)15/h4-7,17H,16H2,1-3H3. The van der Waals surface area contributed by atoms with E-state index in [1.54, 1.807) is 23.9 Å². The van der Waals surface area contributed by atoms with Gasteiger partial charge in [0, 0.05) is 12.1 Å². The highest BCUT2D eigenvalue weighted by Gasteiger charge is 2.17. The van der Waals surface area contributed by atoms with E-state index in [1.807, 2.05) is 13.8 Å². The number of hydrogen-bond donors (Lipinski definition) is 2. The smallest absolute Gasteiger partial charge is 0.152 e. The van der Waals surface area contributed by atoms with Crippen molar-refractivity contribution < 1.29 is 4.39 Å². The minimum absolute atomic E-state index is 0.205. The topological polar surface area (TPSA) is 55.9 Å². The first-order chi connectivity index (χ1) is 8.90. The molecule has 19 heavy (non-hydrogen) atoms. The summed E-state index contributed by atoms with van der Waals surface area (Å²) in [5, 5.41) is 7.64. The van der Waals surface area contributed by atoms with Crippen LogP contribution >= 0.6 is 11.6 Å². The predicted molar refractivity (Wildman–Crippen MR) is 76.4 cm³/mol. The molecule has 0 saturated heterocycles. The summed E-state index contributed by atoms with van der Waals surface area (Å²) in [4.78, 5) is 0. The van der Waals surface area contributed by atoms with Crippen LogP contribution in [0.2, 0.25) is 5.02 Å². The van der Waals surface area contributed by atoms with Crippen LogP contribution in [0.3, 0.4) is 0 Å². The number of hydrogen-bond acceptors (Lipinski definition) is 3. The summed E-state index contributed by atoms with van der Waals surface area (Å²) in [5.41, 5.74) is 7.68.